The number of ether oxygens (including phenoxy) is 1. The average molecular weight is 623 g/mol. The van der Waals surface area contributed by atoms with E-state index in [0.717, 1.165) is 12.2 Å². The van der Waals surface area contributed by atoms with E-state index in [1.807, 2.05) is 0 Å². The predicted octanol–water partition coefficient (Wildman–Crippen LogP) is 5.19. The molecular formula is C16H20I3NO. The van der Waals surface area contributed by atoms with Crippen molar-refractivity contribution in [2.75, 3.05) is 7.05 Å². The number of nitrogens with one attached hydrogen (secondary N) is 1. The molecule has 0 aliphatic heterocycles. The van der Waals surface area contributed by atoms with Crippen LogP contribution in [0.25, 0.3) is 0 Å². The number of rotatable bonds is 3. The van der Waals surface area contributed by atoms with Crippen LogP contribution in [0.3, 0.4) is 0 Å². The fourth-order valence-electron chi connectivity index (χ4n) is 3.98. The fourth-order valence-corrected chi connectivity index (χ4v) is 7.82. The van der Waals surface area contributed by atoms with Gasteiger partial charge in [0.05, 0.1) is 7.14 Å². The van der Waals surface area contributed by atoms with Crippen LogP contribution in [-0.4, -0.2) is 19.2 Å². The molecule has 1 aromatic carbocycles. The van der Waals surface area contributed by atoms with E-state index in [9.17, 15) is 0 Å². The Hall–Kier alpha value is 1.17. The fraction of sp³-hybridized carbons (Fsp3) is 0.625. The van der Waals surface area contributed by atoms with Crippen molar-refractivity contribution in [3.8, 4) is 5.75 Å². The molecule has 3 rings (SSSR count). The van der Waals surface area contributed by atoms with Gasteiger partial charge in [-0.25, -0.2) is 0 Å². The summed E-state index contributed by atoms with van der Waals surface area (Å²) < 4.78 is 10.3. The molecule has 2 atom stereocenters. The Bertz CT molecular complexity index is 505. The van der Waals surface area contributed by atoms with Crippen LogP contribution >= 0.6 is 67.8 Å². The van der Waals surface area contributed by atoms with Crippen molar-refractivity contribution in [1.29, 1.82) is 0 Å². The molecule has 0 aromatic heterocycles. The van der Waals surface area contributed by atoms with Gasteiger partial charge in [0.15, 0.2) is 0 Å². The van der Waals surface area contributed by atoms with Gasteiger partial charge in [-0.1, -0.05) is 19.3 Å². The van der Waals surface area contributed by atoms with Crippen molar-refractivity contribution in [3.05, 3.63) is 22.8 Å². The maximum atomic E-state index is 6.53. The lowest BCUT2D eigenvalue weighted by molar-refractivity contribution is -0.101. The Labute approximate surface area is 168 Å². The zero-order chi connectivity index (χ0) is 15.0. The van der Waals surface area contributed by atoms with Crippen LogP contribution in [0.4, 0.5) is 0 Å². The highest BCUT2D eigenvalue weighted by Crippen LogP contribution is 2.53. The van der Waals surface area contributed by atoms with Gasteiger partial charge in [0, 0.05) is 21.4 Å². The molecule has 2 saturated carbocycles. The highest BCUT2D eigenvalue weighted by atomic mass is 127. The van der Waals surface area contributed by atoms with Gasteiger partial charge in [0.25, 0.3) is 0 Å². The maximum absolute atomic E-state index is 6.53. The third-order valence-corrected chi connectivity index (χ3v) is 7.37. The molecule has 0 radical (unpaired) electrons. The first kappa shape index (κ1) is 17.0. The molecule has 116 valence electrons. The van der Waals surface area contributed by atoms with E-state index < -0.39 is 0 Å². The summed E-state index contributed by atoms with van der Waals surface area (Å²) in [5, 5.41) is 3.53. The molecule has 0 bridgehead atoms. The molecule has 1 N–H and O–H groups in total. The van der Waals surface area contributed by atoms with Crippen LogP contribution in [0.2, 0.25) is 0 Å². The van der Waals surface area contributed by atoms with Gasteiger partial charge in [-0.15, -0.1) is 0 Å². The van der Waals surface area contributed by atoms with Crippen LogP contribution < -0.4 is 10.1 Å². The zero-order valence-electron chi connectivity index (χ0n) is 12.1. The number of benzene rings is 1. The van der Waals surface area contributed by atoms with E-state index >= 15 is 0 Å². The quantitative estimate of drug-likeness (QED) is 0.469. The molecule has 2 unspecified atom stereocenters. The molecule has 0 saturated heterocycles. The monoisotopic (exact) mass is 623 g/mol. The van der Waals surface area contributed by atoms with Crippen molar-refractivity contribution in [1.82, 2.24) is 5.32 Å². The van der Waals surface area contributed by atoms with Crippen LogP contribution in [-0.2, 0) is 0 Å². The summed E-state index contributed by atoms with van der Waals surface area (Å²) >= 11 is 7.19. The van der Waals surface area contributed by atoms with Crippen LogP contribution in [0, 0.1) is 16.1 Å². The normalized spacial score (nSPS) is 27.4. The van der Waals surface area contributed by atoms with E-state index in [4.69, 9.17) is 4.74 Å². The Morgan fingerprint density at radius 2 is 1.71 bits per heavy atom. The molecule has 2 aliphatic carbocycles. The largest absolute Gasteiger partial charge is 0.488 e. The highest BCUT2D eigenvalue weighted by molar-refractivity contribution is 14.1. The third-order valence-electron chi connectivity index (χ3n) is 5.14. The molecular weight excluding hydrogens is 603 g/mol. The maximum Gasteiger partial charge on any atom is 0.146 e. The van der Waals surface area contributed by atoms with Crippen LogP contribution in [0.5, 0.6) is 5.75 Å². The molecule has 2 fully saturated rings. The van der Waals surface area contributed by atoms with Gasteiger partial charge in [0.2, 0.25) is 0 Å². The number of hydrogen-bond donors (Lipinski definition) is 1. The molecule has 0 amide bonds. The van der Waals surface area contributed by atoms with E-state index in [1.54, 1.807) is 0 Å². The number of hydrogen-bond acceptors (Lipinski definition) is 2. The molecule has 2 aliphatic rings. The molecule has 1 spiro atoms. The second kappa shape index (κ2) is 6.96. The molecule has 1 aromatic rings. The summed E-state index contributed by atoms with van der Waals surface area (Å²) in [6.45, 7) is 0. The average Bonchev–Trinajstić information content (AvgIpc) is 2.45. The Morgan fingerprint density at radius 1 is 1.10 bits per heavy atom. The molecule has 21 heavy (non-hydrogen) atoms. The summed E-state index contributed by atoms with van der Waals surface area (Å²) in [4.78, 5) is 0. The lowest BCUT2D eigenvalue weighted by Gasteiger charge is -2.57. The molecule has 5 heteroatoms. The lowest BCUT2D eigenvalue weighted by Crippen LogP contribution is -2.65. The standard InChI is InChI=1S/C16H20I3NO/c1-20-13-9-14(16(13)5-3-2-4-6-16)21-15-11(18)7-10(17)8-12(15)19/h7-8,13-14,20H,2-6,9H2,1H3. The smallest absolute Gasteiger partial charge is 0.146 e. The first-order valence-corrected chi connectivity index (χ1v) is 10.8. The Morgan fingerprint density at radius 3 is 2.29 bits per heavy atom. The second-order valence-electron chi connectivity index (χ2n) is 6.18. The van der Waals surface area contributed by atoms with Crippen LogP contribution in [0.1, 0.15) is 38.5 Å². The van der Waals surface area contributed by atoms with Gasteiger partial charge >= 0.3 is 0 Å². The van der Waals surface area contributed by atoms with Crippen molar-refractivity contribution in [2.45, 2.75) is 50.7 Å². The highest BCUT2D eigenvalue weighted by Gasteiger charge is 2.56. The van der Waals surface area contributed by atoms with Crippen LogP contribution in [0.15, 0.2) is 12.1 Å². The van der Waals surface area contributed by atoms with Crippen molar-refractivity contribution in [3.63, 3.8) is 0 Å². The summed E-state index contributed by atoms with van der Waals surface area (Å²) in [5.41, 5.74) is 0.377. The van der Waals surface area contributed by atoms with E-state index in [-0.39, 0.29) is 0 Å². The predicted molar refractivity (Wildman–Crippen MR) is 112 cm³/mol. The minimum atomic E-state index is 0.377. The first-order valence-electron chi connectivity index (χ1n) is 7.55. The van der Waals surface area contributed by atoms with Crippen molar-refractivity contribution >= 4 is 67.8 Å². The Kier molecular flexibility index (Phi) is 5.64. The lowest BCUT2D eigenvalue weighted by atomic mass is 9.55. The van der Waals surface area contributed by atoms with Gasteiger partial charge in [-0.3, -0.25) is 0 Å². The SMILES string of the molecule is CNC1CC(Oc2c(I)cc(I)cc2I)C12CCCCC2. The van der Waals surface area contributed by atoms with E-state index in [2.05, 4.69) is 92.3 Å². The summed E-state index contributed by atoms with van der Waals surface area (Å²) in [5.74, 6) is 1.10. The van der Waals surface area contributed by atoms with Gasteiger partial charge < -0.3 is 10.1 Å². The summed E-state index contributed by atoms with van der Waals surface area (Å²) in [6, 6.07) is 5.06. The molecule has 0 heterocycles. The van der Waals surface area contributed by atoms with Gasteiger partial charge in [-0.2, -0.15) is 0 Å². The van der Waals surface area contributed by atoms with Crippen molar-refractivity contribution in [2.24, 2.45) is 5.41 Å². The minimum absolute atomic E-state index is 0.377. The van der Waals surface area contributed by atoms with Gasteiger partial charge in [0.1, 0.15) is 11.9 Å². The number of halogens is 3. The van der Waals surface area contributed by atoms with E-state index in [0.29, 0.717) is 17.6 Å². The topological polar surface area (TPSA) is 21.3 Å². The molecule has 2 nitrogen and oxygen atoms in total. The summed E-state index contributed by atoms with van der Waals surface area (Å²) in [7, 11) is 2.11. The van der Waals surface area contributed by atoms with Gasteiger partial charge in [-0.05, 0) is 99.8 Å². The van der Waals surface area contributed by atoms with Crippen molar-refractivity contribution < 1.29 is 4.74 Å². The Balaban J connectivity index is 1.82. The first-order chi connectivity index (χ1) is 10.1. The minimum Gasteiger partial charge on any atom is -0.488 e. The summed E-state index contributed by atoms with van der Waals surface area (Å²) in [6.07, 6.45) is 8.29. The third kappa shape index (κ3) is 3.22. The van der Waals surface area contributed by atoms with E-state index in [1.165, 1.54) is 42.8 Å². The second-order valence-corrected chi connectivity index (χ2v) is 9.75. The zero-order valence-corrected chi connectivity index (χ0v) is 18.6.